The van der Waals surface area contributed by atoms with Crippen LogP contribution in [-0.4, -0.2) is 15.7 Å². The van der Waals surface area contributed by atoms with Gasteiger partial charge in [0.05, 0.1) is 23.5 Å². The first-order chi connectivity index (χ1) is 12.2. The molecule has 2 aromatic carbocycles. The molecule has 0 spiro atoms. The van der Waals surface area contributed by atoms with Crippen LogP contribution in [0.25, 0.3) is 5.69 Å². The fourth-order valence-electron chi connectivity index (χ4n) is 3.06. The molecule has 1 amide bonds. The quantitative estimate of drug-likeness (QED) is 0.766. The average molecular weight is 331 g/mol. The molecule has 1 fully saturated rings. The number of aromatic nitrogens is 2. The summed E-state index contributed by atoms with van der Waals surface area (Å²) in [5.41, 5.74) is 3.94. The Morgan fingerprint density at radius 1 is 1.12 bits per heavy atom. The van der Waals surface area contributed by atoms with Crippen molar-refractivity contribution in [2.75, 3.05) is 0 Å². The van der Waals surface area contributed by atoms with Crippen LogP contribution in [0.4, 0.5) is 0 Å². The molecule has 25 heavy (non-hydrogen) atoms. The number of hydrogen-bond donors (Lipinski definition) is 1. The summed E-state index contributed by atoms with van der Waals surface area (Å²) in [5, 5.41) is 7.52. The van der Waals surface area contributed by atoms with E-state index in [-0.39, 0.29) is 11.9 Å². The minimum Gasteiger partial charge on any atom is -0.345 e. The summed E-state index contributed by atoms with van der Waals surface area (Å²) in [5.74, 6) is 0.468. The highest BCUT2D eigenvalue weighted by Gasteiger charge is 2.33. The summed E-state index contributed by atoms with van der Waals surface area (Å²) in [6.07, 6.45) is 5.75. The van der Waals surface area contributed by atoms with Crippen LogP contribution in [0.2, 0.25) is 0 Å². The highest BCUT2D eigenvalue weighted by molar-refractivity contribution is 5.94. The molecule has 1 atom stereocenters. The molecular weight excluding hydrogens is 310 g/mol. The van der Waals surface area contributed by atoms with Crippen LogP contribution in [0.15, 0.2) is 67.0 Å². The zero-order valence-electron chi connectivity index (χ0n) is 14.2. The maximum Gasteiger partial charge on any atom is 0.254 e. The van der Waals surface area contributed by atoms with Gasteiger partial charge in [0.15, 0.2) is 0 Å². The molecule has 1 unspecified atom stereocenters. The van der Waals surface area contributed by atoms with Crippen molar-refractivity contribution in [3.63, 3.8) is 0 Å². The van der Waals surface area contributed by atoms with Gasteiger partial charge < -0.3 is 5.32 Å². The van der Waals surface area contributed by atoms with Gasteiger partial charge in [0.25, 0.3) is 5.91 Å². The van der Waals surface area contributed by atoms with Crippen LogP contribution in [0.3, 0.4) is 0 Å². The SMILES string of the molecule is Cc1ccc(C(NC(=O)c2cnn(-c3ccccc3)c2)C2CC2)cc1. The van der Waals surface area contributed by atoms with E-state index in [1.807, 2.05) is 30.3 Å². The fraction of sp³-hybridized carbons (Fsp3) is 0.238. The van der Waals surface area contributed by atoms with Gasteiger partial charge in [0.2, 0.25) is 0 Å². The van der Waals surface area contributed by atoms with E-state index in [4.69, 9.17) is 0 Å². The minimum atomic E-state index is -0.0698. The summed E-state index contributed by atoms with van der Waals surface area (Å²) in [6.45, 7) is 2.08. The van der Waals surface area contributed by atoms with E-state index in [2.05, 4.69) is 41.6 Å². The summed E-state index contributed by atoms with van der Waals surface area (Å²) in [6, 6.07) is 18.3. The minimum absolute atomic E-state index is 0.0698. The predicted octanol–water partition coefficient (Wildman–Crippen LogP) is 4.06. The number of aryl methyl sites for hydroxylation is 1. The van der Waals surface area contributed by atoms with E-state index in [1.54, 1.807) is 17.1 Å². The van der Waals surface area contributed by atoms with Crippen LogP contribution in [-0.2, 0) is 0 Å². The Balaban J connectivity index is 1.52. The van der Waals surface area contributed by atoms with Gasteiger partial charge >= 0.3 is 0 Å². The highest BCUT2D eigenvalue weighted by Crippen LogP contribution is 2.41. The molecule has 0 radical (unpaired) electrons. The van der Waals surface area contributed by atoms with Crippen molar-refractivity contribution < 1.29 is 4.79 Å². The molecule has 0 bridgehead atoms. The van der Waals surface area contributed by atoms with Gasteiger partial charge in [0.1, 0.15) is 0 Å². The van der Waals surface area contributed by atoms with E-state index in [9.17, 15) is 4.79 Å². The number of carbonyl (C=O) groups is 1. The number of rotatable bonds is 5. The first kappa shape index (κ1) is 15.6. The molecule has 3 aromatic rings. The van der Waals surface area contributed by atoms with Crippen molar-refractivity contribution >= 4 is 5.91 Å². The van der Waals surface area contributed by atoms with Gasteiger partial charge in [0, 0.05) is 6.20 Å². The summed E-state index contributed by atoms with van der Waals surface area (Å²) >= 11 is 0. The van der Waals surface area contributed by atoms with Crippen LogP contribution in [0.5, 0.6) is 0 Å². The maximum atomic E-state index is 12.7. The van der Waals surface area contributed by atoms with E-state index >= 15 is 0 Å². The molecule has 126 valence electrons. The molecule has 0 saturated heterocycles. The third kappa shape index (κ3) is 3.48. The Bertz CT molecular complexity index is 864. The lowest BCUT2D eigenvalue weighted by molar-refractivity contribution is 0.0931. The molecule has 1 N–H and O–H groups in total. The van der Waals surface area contributed by atoms with Crippen molar-refractivity contribution in [3.8, 4) is 5.69 Å². The topological polar surface area (TPSA) is 46.9 Å². The summed E-state index contributed by atoms with van der Waals surface area (Å²) in [7, 11) is 0. The largest absolute Gasteiger partial charge is 0.345 e. The van der Waals surface area contributed by atoms with Gasteiger partial charge in [-0.15, -0.1) is 0 Å². The zero-order chi connectivity index (χ0) is 17.2. The Morgan fingerprint density at radius 2 is 1.84 bits per heavy atom. The molecule has 4 heteroatoms. The van der Waals surface area contributed by atoms with Crippen LogP contribution in [0.1, 0.15) is 40.4 Å². The molecular formula is C21H21N3O. The highest BCUT2D eigenvalue weighted by atomic mass is 16.1. The summed E-state index contributed by atoms with van der Waals surface area (Å²) in [4.78, 5) is 12.7. The van der Waals surface area contributed by atoms with E-state index in [1.165, 1.54) is 24.0 Å². The smallest absolute Gasteiger partial charge is 0.254 e. The Morgan fingerprint density at radius 3 is 2.52 bits per heavy atom. The molecule has 1 aliphatic carbocycles. The number of carbonyl (C=O) groups excluding carboxylic acids is 1. The van der Waals surface area contributed by atoms with Crippen LogP contribution < -0.4 is 5.32 Å². The number of para-hydroxylation sites is 1. The van der Waals surface area contributed by atoms with Gasteiger partial charge in [-0.25, -0.2) is 4.68 Å². The normalized spacial score (nSPS) is 14.9. The van der Waals surface area contributed by atoms with Crippen molar-refractivity contribution in [2.45, 2.75) is 25.8 Å². The lowest BCUT2D eigenvalue weighted by Crippen LogP contribution is -2.29. The average Bonchev–Trinajstić information content (AvgIpc) is 3.36. The van der Waals surface area contributed by atoms with E-state index in [0.717, 1.165) is 5.69 Å². The second kappa shape index (κ2) is 6.55. The Hall–Kier alpha value is -2.88. The molecule has 4 nitrogen and oxygen atoms in total. The summed E-state index contributed by atoms with van der Waals surface area (Å²) < 4.78 is 1.73. The van der Waals surface area contributed by atoms with Gasteiger partial charge in [-0.1, -0.05) is 48.0 Å². The number of benzene rings is 2. The second-order valence-electron chi connectivity index (χ2n) is 6.71. The monoisotopic (exact) mass is 331 g/mol. The number of nitrogens with one attached hydrogen (secondary N) is 1. The standard InChI is InChI=1S/C21H21N3O/c1-15-7-9-16(10-8-15)20(17-11-12-17)23-21(25)18-13-22-24(14-18)19-5-3-2-4-6-19/h2-10,13-14,17,20H,11-12H2,1H3,(H,23,25). The number of nitrogens with zero attached hydrogens (tertiary/aromatic N) is 2. The first-order valence-corrected chi connectivity index (χ1v) is 8.68. The van der Waals surface area contributed by atoms with E-state index < -0.39 is 0 Å². The zero-order valence-corrected chi connectivity index (χ0v) is 14.2. The molecule has 4 rings (SSSR count). The Kier molecular flexibility index (Phi) is 4.10. The third-order valence-corrected chi connectivity index (χ3v) is 4.68. The van der Waals surface area contributed by atoms with Crippen molar-refractivity contribution in [1.82, 2.24) is 15.1 Å². The van der Waals surface area contributed by atoms with E-state index in [0.29, 0.717) is 11.5 Å². The Labute approximate surface area is 147 Å². The van der Waals surface area contributed by atoms with Crippen LogP contribution in [0, 0.1) is 12.8 Å². The van der Waals surface area contributed by atoms with Crippen molar-refractivity contribution in [3.05, 3.63) is 83.7 Å². The molecule has 1 aliphatic rings. The van der Waals surface area contributed by atoms with Crippen molar-refractivity contribution in [1.29, 1.82) is 0 Å². The lowest BCUT2D eigenvalue weighted by Gasteiger charge is -2.18. The van der Waals surface area contributed by atoms with Gasteiger partial charge in [-0.3, -0.25) is 4.79 Å². The second-order valence-corrected chi connectivity index (χ2v) is 6.71. The third-order valence-electron chi connectivity index (χ3n) is 4.68. The fourth-order valence-corrected chi connectivity index (χ4v) is 3.06. The predicted molar refractivity (Wildman–Crippen MR) is 97.7 cm³/mol. The first-order valence-electron chi connectivity index (χ1n) is 8.68. The van der Waals surface area contributed by atoms with Gasteiger partial charge in [-0.2, -0.15) is 5.10 Å². The number of amides is 1. The van der Waals surface area contributed by atoms with Crippen LogP contribution >= 0.6 is 0 Å². The number of hydrogen-bond acceptors (Lipinski definition) is 2. The van der Waals surface area contributed by atoms with Crippen molar-refractivity contribution in [2.24, 2.45) is 5.92 Å². The molecule has 1 saturated carbocycles. The molecule has 1 heterocycles. The maximum absolute atomic E-state index is 12.7. The van der Waals surface area contributed by atoms with Gasteiger partial charge in [-0.05, 0) is 43.4 Å². The lowest BCUT2D eigenvalue weighted by atomic mass is 10.0. The molecule has 0 aliphatic heterocycles. The molecule has 1 aromatic heterocycles.